The number of hydrogen-bond acceptors (Lipinski definition) is 5. The summed E-state index contributed by atoms with van der Waals surface area (Å²) in [5.74, 6) is -4.89. The summed E-state index contributed by atoms with van der Waals surface area (Å²) in [5, 5.41) is 3.95. The van der Waals surface area contributed by atoms with Crippen molar-refractivity contribution in [3.05, 3.63) is 75.6 Å². The summed E-state index contributed by atoms with van der Waals surface area (Å²) >= 11 is 0. The van der Waals surface area contributed by atoms with Crippen molar-refractivity contribution in [2.75, 3.05) is 0 Å². The van der Waals surface area contributed by atoms with Crippen LogP contribution in [-0.4, -0.2) is 15.7 Å². The Morgan fingerprint density at radius 1 is 1.23 bits per heavy atom. The van der Waals surface area contributed by atoms with E-state index in [0.717, 1.165) is 22.4 Å². The van der Waals surface area contributed by atoms with E-state index in [-0.39, 0.29) is 5.89 Å². The van der Waals surface area contributed by atoms with Gasteiger partial charge in [-0.05, 0) is 31.2 Å². The fraction of sp³-hybridized carbons (Fsp3) is 0.118. The van der Waals surface area contributed by atoms with E-state index in [9.17, 15) is 18.4 Å². The minimum atomic E-state index is -1.26. The fourth-order valence-electron chi connectivity index (χ4n) is 2.23. The van der Waals surface area contributed by atoms with E-state index < -0.39 is 41.2 Å². The molecule has 0 aliphatic carbocycles. The number of halogens is 2. The molecule has 1 aromatic heterocycles. The number of nitrogens with two attached hydrogens (primary N) is 1. The second-order valence-electron chi connectivity index (χ2n) is 5.40. The van der Waals surface area contributed by atoms with Gasteiger partial charge in [0, 0.05) is 0 Å². The molecular weight excluding hydrogens is 348 g/mol. The zero-order chi connectivity index (χ0) is 18.8. The Hall–Kier alpha value is -3.49. The standard InChI is InChI=1S/C17H13F2N3O4/c1-9-2-4-10(5-3-9)22-17(24)26-13(21-22)8-25-12-7-6-11(18)14(15(12)19)16(20)23/h2-7H,8H2,1H3,(H2,20,23). The molecule has 1 amide bonds. The Morgan fingerprint density at radius 3 is 2.58 bits per heavy atom. The maximum atomic E-state index is 14.1. The monoisotopic (exact) mass is 361 g/mol. The van der Waals surface area contributed by atoms with Crippen molar-refractivity contribution in [1.82, 2.24) is 9.78 Å². The van der Waals surface area contributed by atoms with Crippen molar-refractivity contribution in [2.45, 2.75) is 13.5 Å². The van der Waals surface area contributed by atoms with Crippen LogP contribution >= 0.6 is 0 Å². The largest absolute Gasteiger partial charge is 0.481 e. The number of nitrogens with zero attached hydrogens (tertiary/aromatic N) is 2. The predicted molar refractivity (Wildman–Crippen MR) is 86.0 cm³/mol. The molecule has 134 valence electrons. The topological polar surface area (TPSA) is 100 Å². The molecule has 0 aliphatic rings. The summed E-state index contributed by atoms with van der Waals surface area (Å²) in [5.41, 5.74) is 5.52. The Morgan fingerprint density at radius 2 is 1.92 bits per heavy atom. The molecule has 0 unspecified atom stereocenters. The van der Waals surface area contributed by atoms with Crippen LogP contribution in [0.3, 0.4) is 0 Å². The highest BCUT2D eigenvalue weighted by Crippen LogP contribution is 2.23. The summed E-state index contributed by atoms with van der Waals surface area (Å²) in [6.07, 6.45) is 0. The SMILES string of the molecule is Cc1ccc(-n2nc(COc3ccc(F)c(C(N)=O)c3F)oc2=O)cc1. The number of carbonyl (C=O) groups is 1. The van der Waals surface area contributed by atoms with Crippen LogP contribution in [-0.2, 0) is 6.61 Å². The lowest BCUT2D eigenvalue weighted by molar-refractivity contribution is 0.0991. The van der Waals surface area contributed by atoms with Crippen LogP contribution in [0.15, 0.2) is 45.6 Å². The maximum absolute atomic E-state index is 14.1. The molecule has 0 spiro atoms. The van der Waals surface area contributed by atoms with Crippen LogP contribution in [0.2, 0.25) is 0 Å². The van der Waals surface area contributed by atoms with Gasteiger partial charge in [-0.25, -0.2) is 13.6 Å². The Balaban J connectivity index is 1.82. The number of ether oxygens (including phenoxy) is 1. The number of rotatable bonds is 5. The van der Waals surface area contributed by atoms with E-state index >= 15 is 0 Å². The second-order valence-corrected chi connectivity index (χ2v) is 5.40. The van der Waals surface area contributed by atoms with E-state index in [4.69, 9.17) is 14.9 Å². The van der Waals surface area contributed by atoms with Crippen molar-refractivity contribution in [1.29, 1.82) is 0 Å². The summed E-state index contributed by atoms with van der Waals surface area (Å²) in [4.78, 5) is 23.0. The molecule has 3 rings (SSSR count). The molecule has 26 heavy (non-hydrogen) atoms. The summed E-state index contributed by atoms with van der Waals surface area (Å²) in [6.45, 7) is 1.49. The molecule has 0 aliphatic heterocycles. The Bertz CT molecular complexity index is 1030. The van der Waals surface area contributed by atoms with Crippen LogP contribution in [0, 0.1) is 18.6 Å². The first-order valence-electron chi connectivity index (χ1n) is 7.43. The minimum Gasteiger partial charge on any atom is -0.481 e. The quantitative estimate of drug-likeness (QED) is 0.750. The highest BCUT2D eigenvalue weighted by molar-refractivity contribution is 5.93. The van der Waals surface area contributed by atoms with Gasteiger partial charge < -0.3 is 14.9 Å². The lowest BCUT2D eigenvalue weighted by atomic mass is 10.2. The average molecular weight is 361 g/mol. The summed E-state index contributed by atoms with van der Waals surface area (Å²) < 4.78 is 38.6. The van der Waals surface area contributed by atoms with Gasteiger partial charge in [0.25, 0.3) is 11.8 Å². The summed E-state index contributed by atoms with van der Waals surface area (Å²) in [6, 6.07) is 8.80. The van der Waals surface area contributed by atoms with Gasteiger partial charge in [-0.1, -0.05) is 17.7 Å². The number of amides is 1. The number of aromatic nitrogens is 2. The van der Waals surface area contributed by atoms with Crippen molar-refractivity contribution >= 4 is 5.91 Å². The average Bonchev–Trinajstić information content (AvgIpc) is 2.95. The molecule has 3 aromatic rings. The van der Waals surface area contributed by atoms with Crippen molar-refractivity contribution in [3.8, 4) is 11.4 Å². The smallest absolute Gasteiger partial charge is 0.442 e. The molecule has 1 heterocycles. The fourth-order valence-corrected chi connectivity index (χ4v) is 2.23. The molecule has 7 nitrogen and oxygen atoms in total. The van der Waals surface area contributed by atoms with Gasteiger partial charge >= 0.3 is 5.76 Å². The molecule has 9 heteroatoms. The lowest BCUT2D eigenvalue weighted by Gasteiger charge is -2.07. The predicted octanol–water partition coefficient (Wildman–Crippen LogP) is 2.09. The third-order valence-electron chi connectivity index (χ3n) is 3.52. The Kier molecular flexibility index (Phi) is 4.53. The third kappa shape index (κ3) is 3.32. The molecule has 0 atom stereocenters. The molecular formula is C17H13F2N3O4. The highest BCUT2D eigenvalue weighted by atomic mass is 19.1. The van der Waals surface area contributed by atoms with E-state index in [0.29, 0.717) is 5.69 Å². The van der Waals surface area contributed by atoms with Gasteiger partial charge in [0.15, 0.2) is 18.2 Å². The van der Waals surface area contributed by atoms with Crippen LogP contribution in [0.5, 0.6) is 5.75 Å². The van der Waals surface area contributed by atoms with Crippen LogP contribution in [0.1, 0.15) is 21.8 Å². The van der Waals surface area contributed by atoms with E-state index in [1.54, 1.807) is 24.3 Å². The highest BCUT2D eigenvalue weighted by Gasteiger charge is 2.20. The normalized spacial score (nSPS) is 10.7. The van der Waals surface area contributed by atoms with E-state index in [2.05, 4.69) is 5.10 Å². The van der Waals surface area contributed by atoms with E-state index in [1.165, 1.54) is 0 Å². The van der Waals surface area contributed by atoms with Crippen LogP contribution in [0.25, 0.3) is 5.69 Å². The minimum absolute atomic E-state index is 0.125. The Labute approximate surface area is 145 Å². The first-order valence-corrected chi connectivity index (χ1v) is 7.43. The second kappa shape index (κ2) is 6.79. The first kappa shape index (κ1) is 17.3. The molecule has 0 bridgehead atoms. The maximum Gasteiger partial charge on any atom is 0.442 e. The van der Waals surface area contributed by atoms with Crippen LogP contribution < -0.4 is 16.2 Å². The number of hydrogen-bond donors (Lipinski definition) is 1. The zero-order valence-corrected chi connectivity index (χ0v) is 13.5. The van der Waals surface area contributed by atoms with Gasteiger partial charge in [-0.2, -0.15) is 4.68 Å². The molecule has 2 aromatic carbocycles. The molecule has 2 N–H and O–H groups in total. The summed E-state index contributed by atoms with van der Waals surface area (Å²) in [7, 11) is 0. The van der Waals surface area contributed by atoms with Gasteiger partial charge in [0.05, 0.1) is 5.69 Å². The van der Waals surface area contributed by atoms with Gasteiger partial charge in [0.2, 0.25) is 0 Å². The number of carbonyl (C=O) groups excluding carboxylic acids is 1. The zero-order valence-electron chi connectivity index (χ0n) is 13.5. The third-order valence-corrected chi connectivity index (χ3v) is 3.52. The van der Waals surface area contributed by atoms with Gasteiger partial charge in [-0.15, -0.1) is 5.10 Å². The van der Waals surface area contributed by atoms with Crippen molar-refractivity contribution in [2.24, 2.45) is 5.73 Å². The molecule has 0 saturated heterocycles. The number of aryl methyl sites for hydroxylation is 1. The van der Waals surface area contributed by atoms with Crippen LogP contribution in [0.4, 0.5) is 8.78 Å². The molecule has 0 radical (unpaired) electrons. The van der Waals surface area contributed by atoms with Crippen molar-refractivity contribution in [3.63, 3.8) is 0 Å². The molecule has 0 fully saturated rings. The van der Waals surface area contributed by atoms with Gasteiger partial charge in [0.1, 0.15) is 11.4 Å². The van der Waals surface area contributed by atoms with Crippen molar-refractivity contribution < 1.29 is 22.7 Å². The lowest BCUT2D eigenvalue weighted by Crippen LogP contribution is -2.16. The number of benzene rings is 2. The first-order chi connectivity index (χ1) is 12.4. The molecule has 0 saturated carbocycles. The van der Waals surface area contributed by atoms with Gasteiger partial charge in [-0.3, -0.25) is 4.79 Å². The number of primary amides is 1. The van der Waals surface area contributed by atoms with E-state index in [1.807, 2.05) is 6.92 Å².